The van der Waals surface area contributed by atoms with Gasteiger partial charge in [0.15, 0.2) is 0 Å². The maximum absolute atomic E-state index is 12.7. The van der Waals surface area contributed by atoms with E-state index in [0.717, 1.165) is 0 Å². The van der Waals surface area contributed by atoms with Crippen LogP contribution in [-0.4, -0.2) is 23.0 Å². The van der Waals surface area contributed by atoms with Gasteiger partial charge in [-0.3, -0.25) is 0 Å². The maximum Gasteiger partial charge on any atom is 0.397 e. The first-order valence-electron chi connectivity index (χ1n) is 4.72. The molecule has 1 aromatic heterocycles. The van der Waals surface area contributed by atoms with Crippen molar-refractivity contribution in [1.82, 2.24) is 10.2 Å². The first kappa shape index (κ1) is 13.2. The van der Waals surface area contributed by atoms with Gasteiger partial charge in [-0.15, -0.1) is 12.4 Å². The number of alkyl halides is 3. The van der Waals surface area contributed by atoms with Gasteiger partial charge in [0.05, 0.1) is 6.20 Å². The zero-order valence-corrected chi connectivity index (χ0v) is 9.20. The van der Waals surface area contributed by atoms with Crippen molar-refractivity contribution in [2.75, 3.05) is 6.61 Å². The number of rotatable bonds is 3. The molecule has 1 aromatic rings. The van der Waals surface area contributed by atoms with Gasteiger partial charge in [0.1, 0.15) is 12.0 Å². The summed E-state index contributed by atoms with van der Waals surface area (Å²) < 4.78 is 43.1. The summed E-state index contributed by atoms with van der Waals surface area (Å²) in [5, 5.41) is 6.07. The van der Waals surface area contributed by atoms with Gasteiger partial charge in [-0.2, -0.15) is 18.3 Å². The van der Waals surface area contributed by atoms with Crippen molar-refractivity contribution in [3.05, 3.63) is 12.3 Å². The van der Waals surface area contributed by atoms with Gasteiger partial charge < -0.3 is 4.74 Å². The molecule has 92 valence electrons. The SMILES string of the molecule is Cl.FC(F)(F)C1(COc2ccn[nH]2)CCC1. The monoisotopic (exact) mass is 256 g/mol. The second-order valence-corrected chi connectivity index (χ2v) is 3.84. The van der Waals surface area contributed by atoms with Crippen LogP contribution in [0.15, 0.2) is 12.3 Å². The quantitative estimate of drug-likeness (QED) is 0.903. The van der Waals surface area contributed by atoms with E-state index in [1.807, 2.05) is 0 Å². The van der Waals surface area contributed by atoms with Crippen molar-refractivity contribution >= 4 is 12.4 Å². The Morgan fingerprint density at radius 2 is 2.12 bits per heavy atom. The Kier molecular flexibility index (Phi) is 3.72. The predicted molar refractivity (Wildman–Crippen MR) is 53.7 cm³/mol. The van der Waals surface area contributed by atoms with Gasteiger partial charge >= 0.3 is 6.18 Å². The van der Waals surface area contributed by atoms with E-state index in [1.54, 1.807) is 0 Å². The highest BCUT2D eigenvalue weighted by Gasteiger charge is 2.58. The van der Waals surface area contributed by atoms with Crippen molar-refractivity contribution < 1.29 is 17.9 Å². The number of halogens is 4. The summed E-state index contributed by atoms with van der Waals surface area (Å²) >= 11 is 0. The van der Waals surface area contributed by atoms with E-state index in [9.17, 15) is 13.2 Å². The van der Waals surface area contributed by atoms with Crippen LogP contribution in [0.5, 0.6) is 5.88 Å². The van der Waals surface area contributed by atoms with Crippen LogP contribution >= 0.6 is 12.4 Å². The molecule has 0 saturated heterocycles. The Morgan fingerprint density at radius 1 is 1.44 bits per heavy atom. The van der Waals surface area contributed by atoms with E-state index in [2.05, 4.69) is 10.2 Å². The smallest absolute Gasteiger partial charge is 0.397 e. The normalized spacial score (nSPS) is 18.4. The van der Waals surface area contributed by atoms with E-state index in [0.29, 0.717) is 6.42 Å². The topological polar surface area (TPSA) is 37.9 Å². The fraction of sp³-hybridized carbons (Fsp3) is 0.667. The summed E-state index contributed by atoms with van der Waals surface area (Å²) in [5.41, 5.74) is -1.64. The first-order valence-corrected chi connectivity index (χ1v) is 4.72. The first-order chi connectivity index (χ1) is 7.04. The van der Waals surface area contributed by atoms with E-state index < -0.39 is 11.6 Å². The van der Waals surface area contributed by atoms with Crippen molar-refractivity contribution in [3.63, 3.8) is 0 Å². The molecule has 0 aromatic carbocycles. The van der Waals surface area contributed by atoms with Gasteiger partial charge in [0, 0.05) is 6.07 Å². The third-order valence-corrected chi connectivity index (χ3v) is 2.89. The fourth-order valence-corrected chi connectivity index (χ4v) is 1.65. The molecule has 0 atom stereocenters. The van der Waals surface area contributed by atoms with Crippen LogP contribution in [0.4, 0.5) is 13.2 Å². The highest BCUT2D eigenvalue weighted by molar-refractivity contribution is 5.85. The van der Waals surface area contributed by atoms with E-state index in [-0.39, 0.29) is 37.7 Å². The molecular weight excluding hydrogens is 245 g/mol. The molecule has 16 heavy (non-hydrogen) atoms. The summed E-state index contributed by atoms with van der Waals surface area (Å²) in [6.07, 6.45) is -1.80. The van der Waals surface area contributed by atoms with Crippen LogP contribution in [0.1, 0.15) is 19.3 Å². The minimum atomic E-state index is -4.18. The Morgan fingerprint density at radius 3 is 2.50 bits per heavy atom. The van der Waals surface area contributed by atoms with Crippen LogP contribution in [0.25, 0.3) is 0 Å². The lowest BCUT2D eigenvalue weighted by Gasteiger charge is -2.42. The summed E-state index contributed by atoms with van der Waals surface area (Å²) in [6, 6.07) is 1.50. The number of hydrogen-bond acceptors (Lipinski definition) is 2. The number of nitrogens with zero attached hydrogens (tertiary/aromatic N) is 1. The predicted octanol–water partition coefficient (Wildman–Crippen LogP) is 2.94. The van der Waals surface area contributed by atoms with Crippen molar-refractivity contribution in [1.29, 1.82) is 0 Å². The molecule has 0 spiro atoms. The van der Waals surface area contributed by atoms with Crippen LogP contribution < -0.4 is 4.74 Å². The lowest BCUT2D eigenvalue weighted by atomic mass is 9.69. The third-order valence-electron chi connectivity index (χ3n) is 2.89. The third kappa shape index (κ3) is 2.26. The molecule has 3 nitrogen and oxygen atoms in total. The lowest BCUT2D eigenvalue weighted by Crippen LogP contribution is -2.48. The Labute approximate surface area is 96.8 Å². The molecule has 7 heteroatoms. The number of ether oxygens (including phenoxy) is 1. The van der Waals surface area contributed by atoms with Gasteiger partial charge in [0.2, 0.25) is 5.88 Å². The number of H-pyrrole nitrogens is 1. The average molecular weight is 257 g/mol. The Bertz CT molecular complexity index is 322. The molecule has 1 N–H and O–H groups in total. The van der Waals surface area contributed by atoms with Crippen LogP contribution in [0.3, 0.4) is 0 Å². The van der Waals surface area contributed by atoms with Crippen molar-refractivity contribution in [2.45, 2.75) is 25.4 Å². The zero-order valence-electron chi connectivity index (χ0n) is 8.38. The number of nitrogens with one attached hydrogen (secondary N) is 1. The summed E-state index contributed by atoms with van der Waals surface area (Å²) in [7, 11) is 0. The molecule has 1 saturated carbocycles. The molecule has 0 radical (unpaired) electrons. The van der Waals surface area contributed by atoms with Gasteiger partial charge in [-0.05, 0) is 12.8 Å². The fourth-order valence-electron chi connectivity index (χ4n) is 1.65. The van der Waals surface area contributed by atoms with Crippen LogP contribution in [0.2, 0.25) is 0 Å². The molecule has 1 aliphatic rings. The highest BCUT2D eigenvalue weighted by Crippen LogP contribution is 2.52. The molecular formula is C9H12ClF3N2O. The van der Waals surface area contributed by atoms with Gasteiger partial charge in [0.25, 0.3) is 0 Å². The maximum atomic E-state index is 12.7. The molecule has 0 amide bonds. The molecule has 1 fully saturated rings. The number of hydrogen-bond donors (Lipinski definition) is 1. The summed E-state index contributed by atoms with van der Waals surface area (Å²) in [4.78, 5) is 0. The van der Waals surface area contributed by atoms with E-state index in [1.165, 1.54) is 12.3 Å². The average Bonchev–Trinajstić information content (AvgIpc) is 2.51. The van der Waals surface area contributed by atoms with Gasteiger partial charge in [-0.1, -0.05) is 6.42 Å². The Balaban J connectivity index is 0.00000128. The second kappa shape index (κ2) is 4.53. The summed E-state index contributed by atoms with van der Waals surface area (Å²) in [5.74, 6) is 0.283. The molecule has 0 unspecified atom stereocenters. The molecule has 1 heterocycles. The van der Waals surface area contributed by atoms with Crippen LogP contribution in [0, 0.1) is 5.41 Å². The van der Waals surface area contributed by atoms with E-state index >= 15 is 0 Å². The summed E-state index contributed by atoms with van der Waals surface area (Å²) in [6.45, 7) is -0.321. The van der Waals surface area contributed by atoms with Crippen LogP contribution in [-0.2, 0) is 0 Å². The molecule has 0 bridgehead atoms. The van der Waals surface area contributed by atoms with E-state index in [4.69, 9.17) is 4.74 Å². The number of aromatic nitrogens is 2. The van der Waals surface area contributed by atoms with Crippen molar-refractivity contribution in [2.24, 2.45) is 5.41 Å². The molecule has 2 rings (SSSR count). The lowest BCUT2D eigenvalue weighted by molar-refractivity contribution is -0.259. The van der Waals surface area contributed by atoms with Gasteiger partial charge in [-0.25, -0.2) is 5.10 Å². The highest BCUT2D eigenvalue weighted by atomic mass is 35.5. The minimum absolute atomic E-state index is 0. The largest absolute Gasteiger partial charge is 0.477 e. The molecule has 1 aliphatic carbocycles. The molecule has 0 aliphatic heterocycles. The minimum Gasteiger partial charge on any atom is -0.477 e. The second-order valence-electron chi connectivity index (χ2n) is 3.84. The Hall–Kier alpha value is -0.910. The standard InChI is InChI=1S/C9H11F3N2O.ClH/c10-9(11,12)8(3-1-4-8)6-15-7-2-5-13-14-7;/h2,5H,1,3-4,6H2,(H,13,14);1H. The van der Waals surface area contributed by atoms with Crippen molar-refractivity contribution in [3.8, 4) is 5.88 Å². The zero-order chi connectivity index (χ0) is 10.9. The number of aromatic amines is 1.